The lowest BCUT2D eigenvalue weighted by molar-refractivity contribution is -0.885. The molecule has 6 nitrogen and oxygen atoms in total. The van der Waals surface area contributed by atoms with Gasteiger partial charge in [0, 0.05) is 0 Å². The van der Waals surface area contributed by atoms with Crippen molar-refractivity contribution in [3.63, 3.8) is 0 Å². The number of quaternary nitrogens is 1. The number of rotatable bonds is 5. The average molecular weight is 373 g/mol. The Labute approximate surface area is 134 Å². The summed E-state index contributed by atoms with van der Waals surface area (Å²) in [5.74, 6) is -0.587. The van der Waals surface area contributed by atoms with E-state index < -0.39 is 5.91 Å². The van der Waals surface area contributed by atoms with E-state index in [1.807, 2.05) is 19.2 Å². The van der Waals surface area contributed by atoms with Crippen LogP contribution in [0, 0.1) is 0 Å². The average Bonchev–Trinajstić information content (AvgIpc) is 3.07. The highest BCUT2D eigenvalue weighted by molar-refractivity contribution is 9.11. The van der Waals surface area contributed by atoms with Gasteiger partial charge in [-0.3, -0.25) is 20.4 Å². The number of furan rings is 1. The third-order valence-corrected chi connectivity index (χ3v) is 4.25. The number of thiophene rings is 1. The van der Waals surface area contributed by atoms with Gasteiger partial charge in [0.05, 0.1) is 22.0 Å². The summed E-state index contributed by atoms with van der Waals surface area (Å²) in [5, 5.41) is 0. The number of likely N-dealkylation sites (N-methyl/N-ethyl adjacent to an activating group) is 1. The highest BCUT2D eigenvalue weighted by atomic mass is 79.9. The maximum Gasteiger partial charge on any atom is 0.305 e. The summed E-state index contributed by atoms with van der Waals surface area (Å²) >= 11 is 5.05. The molecular formula is C13H15BrN3O3S+. The van der Waals surface area contributed by atoms with Gasteiger partial charge in [0.25, 0.3) is 5.91 Å². The Morgan fingerprint density at radius 3 is 2.76 bits per heavy atom. The van der Waals surface area contributed by atoms with Crippen molar-refractivity contribution in [2.24, 2.45) is 0 Å². The van der Waals surface area contributed by atoms with Gasteiger partial charge in [-0.1, -0.05) is 0 Å². The molecule has 2 rings (SSSR count). The van der Waals surface area contributed by atoms with E-state index in [0.29, 0.717) is 0 Å². The van der Waals surface area contributed by atoms with Gasteiger partial charge < -0.3 is 9.32 Å². The van der Waals surface area contributed by atoms with Crippen LogP contribution in [-0.2, 0) is 11.3 Å². The van der Waals surface area contributed by atoms with E-state index in [-0.39, 0.29) is 18.2 Å². The molecule has 0 saturated heterocycles. The molecule has 112 valence electrons. The predicted molar refractivity (Wildman–Crippen MR) is 81.8 cm³/mol. The first-order valence-corrected chi connectivity index (χ1v) is 7.84. The Morgan fingerprint density at radius 2 is 2.14 bits per heavy atom. The summed E-state index contributed by atoms with van der Waals surface area (Å²) in [4.78, 5) is 25.5. The molecule has 0 aliphatic carbocycles. The quantitative estimate of drug-likeness (QED) is 0.672. The maximum atomic E-state index is 11.7. The number of carbonyl (C=O) groups excluding carboxylic acids is 2. The first kappa shape index (κ1) is 15.7. The van der Waals surface area contributed by atoms with Gasteiger partial charge in [0.15, 0.2) is 12.3 Å². The van der Waals surface area contributed by atoms with Crippen LogP contribution >= 0.6 is 27.3 Å². The Balaban J connectivity index is 1.72. The molecular weight excluding hydrogens is 358 g/mol. The third kappa shape index (κ3) is 5.00. The fourth-order valence-corrected chi connectivity index (χ4v) is 3.32. The monoisotopic (exact) mass is 372 g/mol. The molecule has 8 heteroatoms. The van der Waals surface area contributed by atoms with Crippen LogP contribution < -0.4 is 15.8 Å². The highest BCUT2D eigenvalue weighted by Crippen LogP contribution is 2.21. The second-order valence-electron chi connectivity index (χ2n) is 4.50. The van der Waals surface area contributed by atoms with Gasteiger partial charge in [-0.2, -0.15) is 0 Å². The summed E-state index contributed by atoms with van der Waals surface area (Å²) in [6, 6.07) is 7.13. The lowest BCUT2D eigenvalue weighted by atomic mass is 10.4. The van der Waals surface area contributed by atoms with Crippen LogP contribution in [0.15, 0.2) is 38.7 Å². The minimum atomic E-state index is -0.479. The lowest BCUT2D eigenvalue weighted by Gasteiger charge is -2.12. The van der Waals surface area contributed by atoms with E-state index in [9.17, 15) is 9.59 Å². The van der Waals surface area contributed by atoms with Crippen molar-refractivity contribution < 1.29 is 18.9 Å². The molecule has 0 bridgehead atoms. The SMILES string of the molecule is C[NH+](CC(=O)NNC(=O)c1ccco1)Cc1ccc(Br)s1. The number of amides is 2. The second kappa shape index (κ2) is 7.39. The van der Waals surface area contributed by atoms with E-state index >= 15 is 0 Å². The van der Waals surface area contributed by atoms with Crippen LogP contribution in [0.25, 0.3) is 0 Å². The van der Waals surface area contributed by atoms with E-state index in [2.05, 4.69) is 26.8 Å². The molecule has 1 unspecified atom stereocenters. The van der Waals surface area contributed by atoms with Gasteiger partial charge in [0.1, 0.15) is 6.54 Å². The topological polar surface area (TPSA) is 75.8 Å². The van der Waals surface area contributed by atoms with Crippen molar-refractivity contribution in [3.05, 3.63) is 45.0 Å². The van der Waals surface area contributed by atoms with Gasteiger partial charge in [-0.15, -0.1) is 11.3 Å². The third-order valence-electron chi connectivity index (χ3n) is 2.63. The Kier molecular flexibility index (Phi) is 5.54. The predicted octanol–water partition coefficient (Wildman–Crippen LogP) is 0.580. The molecule has 2 amide bonds. The molecule has 1 atom stereocenters. The fraction of sp³-hybridized carbons (Fsp3) is 0.231. The number of nitrogens with one attached hydrogen (secondary N) is 3. The van der Waals surface area contributed by atoms with Crippen LogP contribution in [0.5, 0.6) is 0 Å². The maximum absolute atomic E-state index is 11.7. The van der Waals surface area contributed by atoms with Crippen LogP contribution in [0.3, 0.4) is 0 Å². The van der Waals surface area contributed by atoms with Gasteiger partial charge in [-0.05, 0) is 40.2 Å². The zero-order valence-electron chi connectivity index (χ0n) is 11.3. The Hall–Kier alpha value is -1.64. The molecule has 2 heterocycles. The van der Waals surface area contributed by atoms with Crippen molar-refractivity contribution in [3.8, 4) is 0 Å². The number of hydrogen-bond acceptors (Lipinski definition) is 4. The molecule has 0 radical (unpaired) electrons. The molecule has 0 fully saturated rings. The van der Waals surface area contributed by atoms with Crippen LogP contribution in [0.4, 0.5) is 0 Å². The van der Waals surface area contributed by atoms with Crippen molar-refractivity contribution in [1.29, 1.82) is 0 Å². The summed E-state index contributed by atoms with van der Waals surface area (Å²) < 4.78 is 5.99. The standard InChI is InChI=1S/C13H14BrN3O3S/c1-17(7-9-4-5-11(14)21-9)8-12(18)15-16-13(19)10-3-2-6-20-10/h2-6H,7-8H2,1H3,(H,15,18)(H,16,19)/p+1. The van der Waals surface area contributed by atoms with Crippen LogP contribution in [0.2, 0.25) is 0 Å². The number of carbonyl (C=O) groups is 2. The smallest absolute Gasteiger partial charge is 0.305 e. The summed E-state index contributed by atoms with van der Waals surface area (Å²) in [6.45, 7) is 1.00. The highest BCUT2D eigenvalue weighted by Gasteiger charge is 2.14. The van der Waals surface area contributed by atoms with Crippen molar-refractivity contribution in [2.45, 2.75) is 6.54 Å². The molecule has 2 aromatic heterocycles. The Bertz CT molecular complexity index is 612. The number of halogens is 1. The first-order valence-electron chi connectivity index (χ1n) is 6.23. The molecule has 21 heavy (non-hydrogen) atoms. The van der Waals surface area contributed by atoms with E-state index in [4.69, 9.17) is 4.42 Å². The summed E-state index contributed by atoms with van der Waals surface area (Å²) in [6.07, 6.45) is 1.40. The van der Waals surface area contributed by atoms with Gasteiger partial charge >= 0.3 is 5.91 Å². The molecule has 0 saturated carbocycles. The largest absolute Gasteiger partial charge is 0.459 e. The molecule has 0 aliphatic heterocycles. The first-order chi connectivity index (χ1) is 10.0. The summed E-state index contributed by atoms with van der Waals surface area (Å²) in [5.41, 5.74) is 4.68. The van der Waals surface area contributed by atoms with Crippen LogP contribution in [0.1, 0.15) is 15.4 Å². The Morgan fingerprint density at radius 1 is 1.33 bits per heavy atom. The van der Waals surface area contributed by atoms with E-state index in [0.717, 1.165) is 15.2 Å². The minimum Gasteiger partial charge on any atom is -0.459 e. The molecule has 0 spiro atoms. The molecule has 2 aromatic rings. The van der Waals surface area contributed by atoms with E-state index in [1.165, 1.54) is 17.2 Å². The van der Waals surface area contributed by atoms with Gasteiger partial charge in [0.2, 0.25) is 0 Å². The second-order valence-corrected chi connectivity index (χ2v) is 7.04. The zero-order valence-corrected chi connectivity index (χ0v) is 13.7. The van der Waals surface area contributed by atoms with Crippen molar-refractivity contribution in [2.75, 3.05) is 13.6 Å². The lowest BCUT2D eigenvalue weighted by Crippen LogP contribution is -3.09. The molecule has 3 N–H and O–H groups in total. The number of hydrazine groups is 1. The van der Waals surface area contributed by atoms with Crippen LogP contribution in [-0.4, -0.2) is 25.4 Å². The normalized spacial score (nSPS) is 11.9. The summed E-state index contributed by atoms with van der Waals surface area (Å²) in [7, 11) is 1.92. The van der Waals surface area contributed by atoms with E-state index in [1.54, 1.807) is 17.4 Å². The zero-order chi connectivity index (χ0) is 15.2. The minimum absolute atomic E-state index is 0.152. The molecule has 0 aromatic carbocycles. The fourth-order valence-electron chi connectivity index (χ4n) is 1.72. The van der Waals surface area contributed by atoms with Crippen molar-refractivity contribution >= 4 is 39.1 Å². The number of hydrogen-bond donors (Lipinski definition) is 3. The van der Waals surface area contributed by atoms with Crippen molar-refractivity contribution in [1.82, 2.24) is 10.9 Å². The molecule has 0 aliphatic rings. The van der Waals surface area contributed by atoms with Gasteiger partial charge in [-0.25, -0.2) is 0 Å².